The number of aromatic nitrogens is 2. The molecule has 0 radical (unpaired) electrons. The smallest absolute Gasteiger partial charge is 0.170 e. The number of thiocarbonyl (C=S) groups is 1. The Balaban J connectivity index is 1.60. The van der Waals surface area contributed by atoms with Gasteiger partial charge in [-0.25, -0.2) is 0 Å². The molecule has 2 aromatic rings. The molecular formula is C21H29N5O2S. The normalized spacial score (nSPS) is 22.8. The molecule has 0 aliphatic carbocycles. The molecule has 2 fully saturated rings. The van der Waals surface area contributed by atoms with Crippen molar-refractivity contribution in [2.24, 2.45) is 0 Å². The third-order valence-electron chi connectivity index (χ3n) is 5.66. The highest BCUT2D eigenvalue weighted by molar-refractivity contribution is 7.80. The van der Waals surface area contributed by atoms with Crippen LogP contribution in [0.15, 0.2) is 42.7 Å². The van der Waals surface area contributed by atoms with Gasteiger partial charge in [0.25, 0.3) is 0 Å². The van der Waals surface area contributed by atoms with Gasteiger partial charge < -0.3 is 24.3 Å². The average molecular weight is 416 g/mol. The molecule has 4 heterocycles. The molecule has 2 aliphatic rings. The predicted octanol–water partition coefficient (Wildman–Crippen LogP) is 1.83. The first kappa shape index (κ1) is 20.3. The Hall–Kier alpha value is -2.00. The van der Waals surface area contributed by atoms with Crippen molar-refractivity contribution < 1.29 is 9.47 Å². The molecule has 29 heavy (non-hydrogen) atoms. The number of nitrogens with zero attached hydrogens (tertiary/aromatic N) is 4. The molecule has 156 valence electrons. The minimum absolute atomic E-state index is 0.0181. The van der Waals surface area contributed by atoms with Crippen molar-refractivity contribution in [2.45, 2.75) is 18.6 Å². The van der Waals surface area contributed by atoms with Gasteiger partial charge in [0, 0.05) is 57.9 Å². The van der Waals surface area contributed by atoms with Crippen molar-refractivity contribution >= 4 is 17.3 Å². The second-order valence-corrected chi connectivity index (χ2v) is 7.78. The minimum Gasteiger partial charge on any atom is -0.383 e. The lowest BCUT2D eigenvalue weighted by Crippen LogP contribution is -2.42. The highest BCUT2D eigenvalue weighted by Crippen LogP contribution is 2.38. The van der Waals surface area contributed by atoms with Crippen molar-refractivity contribution in [2.75, 3.05) is 53.1 Å². The van der Waals surface area contributed by atoms with Gasteiger partial charge in [0.05, 0.1) is 37.6 Å². The van der Waals surface area contributed by atoms with Crippen LogP contribution < -0.4 is 5.32 Å². The maximum atomic E-state index is 5.78. The molecule has 4 rings (SSSR count). The number of ether oxygens (including phenoxy) is 2. The molecule has 0 saturated carbocycles. The van der Waals surface area contributed by atoms with Crippen LogP contribution in [0.2, 0.25) is 0 Å². The molecule has 8 heteroatoms. The molecule has 1 N–H and O–H groups in total. The summed E-state index contributed by atoms with van der Waals surface area (Å²) in [5, 5.41) is 4.33. The fourth-order valence-corrected chi connectivity index (χ4v) is 4.46. The summed E-state index contributed by atoms with van der Waals surface area (Å²) in [7, 11) is 1.74. The van der Waals surface area contributed by atoms with E-state index >= 15 is 0 Å². The Bertz CT molecular complexity index is 793. The molecule has 0 spiro atoms. The van der Waals surface area contributed by atoms with Gasteiger partial charge in [-0.15, -0.1) is 0 Å². The molecule has 2 atom stereocenters. The van der Waals surface area contributed by atoms with Gasteiger partial charge in [0.2, 0.25) is 0 Å². The standard InChI is InChI=1S/C21H29N5O2S/c1-27-14-13-25-8-4-6-18(25)20-19(17-5-2-3-7-22-17)23-21(29)26(20)10-9-24-11-15-28-16-12-24/h2-8,19-20H,9-16H2,1H3,(H,23,29)/t19-,20+/m0/s1. The first-order valence-electron chi connectivity index (χ1n) is 10.2. The van der Waals surface area contributed by atoms with E-state index in [1.807, 2.05) is 18.3 Å². The van der Waals surface area contributed by atoms with E-state index < -0.39 is 0 Å². The number of hydrogen-bond donors (Lipinski definition) is 1. The molecule has 7 nitrogen and oxygen atoms in total. The molecule has 0 amide bonds. The topological polar surface area (TPSA) is 54.8 Å². The molecule has 2 aliphatic heterocycles. The van der Waals surface area contributed by atoms with Crippen molar-refractivity contribution in [1.82, 2.24) is 24.7 Å². The summed E-state index contributed by atoms with van der Waals surface area (Å²) >= 11 is 5.78. The van der Waals surface area contributed by atoms with Crippen LogP contribution in [0.4, 0.5) is 0 Å². The van der Waals surface area contributed by atoms with Crippen LogP contribution in [-0.2, 0) is 16.0 Å². The zero-order chi connectivity index (χ0) is 20.1. The summed E-state index contributed by atoms with van der Waals surface area (Å²) in [5.41, 5.74) is 2.24. The molecule has 0 bridgehead atoms. The van der Waals surface area contributed by atoms with Crippen LogP contribution >= 0.6 is 12.2 Å². The maximum absolute atomic E-state index is 5.78. The monoisotopic (exact) mass is 415 g/mol. The van der Waals surface area contributed by atoms with Crippen molar-refractivity contribution in [1.29, 1.82) is 0 Å². The van der Waals surface area contributed by atoms with Gasteiger partial charge in [-0.1, -0.05) is 6.07 Å². The Kier molecular flexibility index (Phi) is 6.76. The summed E-state index contributed by atoms with van der Waals surface area (Å²) in [4.78, 5) is 9.39. The second-order valence-electron chi connectivity index (χ2n) is 7.39. The average Bonchev–Trinajstić information content (AvgIpc) is 3.35. The predicted molar refractivity (Wildman–Crippen MR) is 116 cm³/mol. The van der Waals surface area contributed by atoms with Crippen LogP contribution in [0, 0.1) is 0 Å². The molecule has 0 unspecified atom stereocenters. The highest BCUT2D eigenvalue weighted by Gasteiger charge is 2.41. The number of pyridine rings is 1. The van der Waals surface area contributed by atoms with Crippen LogP contribution in [-0.4, -0.2) is 77.6 Å². The summed E-state index contributed by atoms with van der Waals surface area (Å²) in [5.74, 6) is 0. The van der Waals surface area contributed by atoms with E-state index in [1.54, 1.807) is 7.11 Å². The Morgan fingerprint density at radius 3 is 2.79 bits per heavy atom. The van der Waals surface area contributed by atoms with Gasteiger partial charge in [-0.3, -0.25) is 9.88 Å². The summed E-state index contributed by atoms with van der Waals surface area (Å²) in [6, 6.07) is 10.4. The van der Waals surface area contributed by atoms with Gasteiger partial charge in [-0.05, 0) is 36.5 Å². The molecule has 2 saturated heterocycles. The SMILES string of the molecule is COCCn1cccc1[C@@H]1[C@H](c2ccccn2)NC(=S)N1CCN1CCOCC1. The van der Waals surface area contributed by atoms with E-state index in [-0.39, 0.29) is 12.1 Å². The number of morpholine rings is 1. The first-order chi connectivity index (χ1) is 14.3. The number of rotatable bonds is 8. The third-order valence-corrected chi connectivity index (χ3v) is 6.01. The van der Waals surface area contributed by atoms with E-state index in [0.717, 1.165) is 56.7 Å². The van der Waals surface area contributed by atoms with Gasteiger partial charge in [0.1, 0.15) is 0 Å². The lowest BCUT2D eigenvalue weighted by Gasteiger charge is -2.32. The number of methoxy groups -OCH3 is 1. The summed E-state index contributed by atoms with van der Waals surface area (Å²) < 4.78 is 13.1. The Morgan fingerprint density at radius 2 is 2.03 bits per heavy atom. The van der Waals surface area contributed by atoms with Gasteiger partial charge >= 0.3 is 0 Å². The Labute approximate surface area is 177 Å². The summed E-state index contributed by atoms with van der Waals surface area (Å²) in [6.45, 7) is 6.90. The molecule has 0 aromatic carbocycles. The van der Waals surface area contributed by atoms with Crippen molar-refractivity contribution in [3.05, 3.63) is 54.1 Å². The number of hydrogen-bond acceptors (Lipinski definition) is 5. The zero-order valence-corrected chi connectivity index (χ0v) is 17.7. The highest BCUT2D eigenvalue weighted by atomic mass is 32.1. The lowest BCUT2D eigenvalue weighted by atomic mass is 10.0. The maximum Gasteiger partial charge on any atom is 0.170 e. The second kappa shape index (κ2) is 9.67. The lowest BCUT2D eigenvalue weighted by molar-refractivity contribution is 0.0349. The van der Waals surface area contributed by atoms with Crippen LogP contribution in [0.1, 0.15) is 23.5 Å². The van der Waals surface area contributed by atoms with E-state index in [2.05, 4.69) is 49.1 Å². The quantitative estimate of drug-likeness (QED) is 0.660. The summed E-state index contributed by atoms with van der Waals surface area (Å²) in [6.07, 6.45) is 3.96. The molecule has 2 aromatic heterocycles. The van der Waals surface area contributed by atoms with Crippen LogP contribution in [0.5, 0.6) is 0 Å². The third kappa shape index (κ3) is 4.61. The fraction of sp³-hybridized carbons (Fsp3) is 0.524. The molecular weight excluding hydrogens is 386 g/mol. The van der Waals surface area contributed by atoms with E-state index in [0.29, 0.717) is 6.61 Å². The fourth-order valence-electron chi connectivity index (χ4n) is 4.13. The van der Waals surface area contributed by atoms with E-state index in [9.17, 15) is 0 Å². The van der Waals surface area contributed by atoms with E-state index in [1.165, 1.54) is 5.69 Å². The van der Waals surface area contributed by atoms with Crippen molar-refractivity contribution in [3.8, 4) is 0 Å². The van der Waals surface area contributed by atoms with Gasteiger partial charge in [0.15, 0.2) is 5.11 Å². The largest absolute Gasteiger partial charge is 0.383 e. The van der Waals surface area contributed by atoms with Crippen LogP contribution in [0.25, 0.3) is 0 Å². The first-order valence-corrected chi connectivity index (χ1v) is 10.6. The zero-order valence-electron chi connectivity index (χ0n) is 16.9. The Morgan fingerprint density at radius 1 is 1.17 bits per heavy atom. The van der Waals surface area contributed by atoms with Gasteiger partial charge in [-0.2, -0.15) is 0 Å². The van der Waals surface area contributed by atoms with E-state index in [4.69, 9.17) is 21.7 Å². The minimum atomic E-state index is 0.0181. The van der Waals surface area contributed by atoms with Crippen molar-refractivity contribution in [3.63, 3.8) is 0 Å². The number of nitrogens with one attached hydrogen (secondary N) is 1. The van der Waals surface area contributed by atoms with Crippen LogP contribution in [0.3, 0.4) is 0 Å².